The van der Waals surface area contributed by atoms with E-state index in [1.807, 2.05) is 4.98 Å². The number of hydrogen-bond donors (Lipinski definition) is 1. The zero-order valence-corrected chi connectivity index (χ0v) is 8.43. The molecule has 11 heavy (non-hydrogen) atoms. The summed E-state index contributed by atoms with van der Waals surface area (Å²) in [6, 6.07) is 0.918. The van der Waals surface area contributed by atoms with E-state index in [2.05, 4.69) is 0 Å². The van der Waals surface area contributed by atoms with E-state index < -0.39 is 16.0 Å². The topological polar surface area (TPSA) is 54.9 Å². The monoisotopic (exact) mass is 188 g/mol. The molecule has 56 valence electrons. The summed E-state index contributed by atoms with van der Waals surface area (Å²) >= 11 is 0. The van der Waals surface area contributed by atoms with Crippen LogP contribution in [-0.4, -0.2) is 9.77 Å². The average Bonchev–Trinajstić information content (AvgIpc) is 1.83. The number of rotatable bonds is 0. The second kappa shape index (κ2) is 5.54. The normalized spacial score (nSPS) is 7.73. The molecular weight excluding hydrogens is 185 g/mol. The van der Waals surface area contributed by atoms with Gasteiger partial charge in [-0.05, 0) is 0 Å². The van der Waals surface area contributed by atoms with Gasteiger partial charge in [-0.2, -0.15) is 0 Å². The molecule has 0 spiro atoms. The third-order valence-electron chi connectivity index (χ3n) is 0.805. The largest absolute Gasteiger partial charge is 1.00 e. The van der Waals surface area contributed by atoms with Gasteiger partial charge in [-0.15, -0.1) is 0 Å². The molecular formula is C4H3ClFN2NaO2. The Bertz CT molecular complexity index is 294. The number of aromatic nitrogens is 2. The van der Waals surface area contributed by atoms with Crippen LogP contribution in [0.4, 0.5) is 4.48 Å². The molecule has 1 heterocycles. The van der Waals surface area contributed by atoms with Gasteiger partial charge in [0.2, 0.25) is 0 Å². The predicted octanol–water partition coefficient (Wildman–Crippen LogP) is -6.72. The number of H-pyrrole nitrogens is 1. The summed E-state index contributed by atoms with van der Waals surface area (Å²) in [6.07, 6.45) is 1.08. The molecule has 4 nitrogen and oxygen atoms in total. The smallest absolute Gasteiger partial charge is 1.00 e. The van der Waals surface area contributed by atoms with Crippen LogP contribution in [0.25, 0.3) is 0 Å². The molecule has 0 aliphatic rings. The van der Waals surface area contributed by atoms with Crippen LogP contribution in [0.2, 0.25) is 0 Å². The molecule has 1 N–H and O–H groups in total. The van der Waals surface area contributed by atoms with E-state index >= 15 is 0 Å². The summed E-state index contributed by atoms with van der Waals surface area (Å²) in [7, 11) is 0. The Morgan fingerprint density at radius 3 is 2.36 bits per heavy atom. The average molecular weight is 189 g/mol. The number of aromatic amines is 1. The van der Waals surface area contributed by atoms with Crippen LogP contribution in [0.1, 0.15) is 0 Å². The predicted molar refractivity (Wildman–Crippen MR) is 27.8 cm³/mol. The van der Waals surface area contributed by atoms with Gasteiger partial charge in [0.1, 0.15) is 0 Å². The van der Waals surface area contributed by atoms with Gasteiger partial charge in [-0.1, -0.05) is 9.27 Å². The molecule has 0 bridgehead atoms. The Labute approximate surface area is 89.1 Å². The number of halogens is 2. The minimum atomic E-state index is -1.05. The van der Waals surface area contributed by atoms with Crippen molar-refractivity contribution in [3.8, 4) is 0 Å². The Morgan fingerprint density at radius 2 is 2.00 bits per heavy atom. The van der Waals surface area contributed by atoms with Crippen molar-refractivity contribution in [1.29, 1.82) is 0 Å². The summed E-state index contributed by atoms with van der Waals surface area (Å²) in [5.41, 5.74) is -2.01. The molecule has 0 radical (unpaired) electrons. The van der Waals surface area contributed by atoms with Crippen LogP contribution >= 0.6 is 0 Å². The zero-order chi connectivity index (χ0) is 6.85. The standard InChI is InChI=1S/C4H3FN2O2.ClH.Na/c5-7-3(8)1-2-6-4(7)9;;/h1-2H,(H,6,9);1H;/q;;+1/p-1. The Balaban J connectivity index is 0. The van der Waals surface area contributed by atoms with Crippen molar-refractivity contribution in [3.63, 3.8) is 0 Å². The van der Waals surface area contributed by atoms with Gasteiger partial charge in [0.25, 0.3) is 5.56 Å². The summed E-state index contributed by atoms with van der Waals surface area (Å²) in [6.45, 7) is 0. The first-order valence-corrected chi connectivity index (χ1v) is 2.19. The van der Waals surface area contributed by atoms with Gasteiger partial charge in [0.15, 0.2) is 0 Å². The molecule has 0 fully saturated rings. The molecule has 1 aromatic rings. The summed E-state index contributed by atoms with van der Waals surface area (Å²) in [5.74, 6) is 0. The fourth-order valence-electron chi connectivity index (χ4n) is 0.406. The summed E-state index contributed by atoms with van der Waals surface area (Å²) < 4.78 is 12.0. The van der Waals surface area contributed by atoms with Gasteiger partial charge in [-0.25, -0.2) is 4.79 Å². The zero-order valence-electron chi connectivity index (χ0n) is 5.67. The van der Waals surface area contributed by atoms with Gasteiger partial charge in [-0.3, -0.25) is 4.79 Å². The van der Waals surface area contributed by atoms with Crippen molar-refractivity contribution in [3.05, 3.63) is 33.1 Å². The maximum Gasteiger partial charge on any atom is 1.00 e. The molecule has 0 amide bonds. The summed E-state index contributed by atoms with van der Waals surface area (Å²) in [5, 5.41) is 0. The third kappa shape index (κ3) is 3.20. The number of nitrogens with one attached hydrogen (secondary N) is 1. The first kappa shape index (κ1) is 13.5. The van der Waals surface area contributed by atoms with Gasteiger partial charge >= 0.3 is 35.2 Å². The van der Waals surface area contributed by atoms with Crippen LogP contribution in [0.5, 0.6) is 0 Å². The van der Waals surface area contributed by atoms with Crippen LogP contribution in [0, 0.1) is 0 Å². The van der Waals surface area contributed by atoms with E-state index in [1.54, 1.807) is 0 Å². The van der Waals surface area contributed by atoms with E-state index in [0.717, 1.165) is 12.3 Å². The van der Waals surface area contributed by atoms with Gasteiger partial charge < -0.3 is 17.4 Å². The minimum absolute atomic E-state index is 0. The van der Waals surface area contributed by atoms with Crippen molar-refractivity contribution in [2.24, 2.45) is 0 Å². The molecule has 1 rings (SSSR count). The molecule has 7 heteroatoms. The van der Waals surface area contributed by atoms with Crippen LogP contribution in [-0.2, 0) is 0 Å². The van der Waals surface area contributed by atoms with Crippen LogP contribution in [0.15, 0.2) is 21.9 Å². The molecule has 0 aliphatic heterocycles. The fourth-order valence-corrected chi connectivity index (χ4v) is 0.406. The first-order valence-electron chi connectivity index (χ1n) is 2.19. The number of nitrogens with zero attached hydrogens (tertiary/aromatic N) is 1. The van der Waals surface area contributed by atoms with E-state index in [1.165, 1.54) is 0 Å². The van der Waals surface area contributed by atoms with Crippen molar-refractivity contribution < 1.29 is 46.4 Å². The Kier molecular flexibility index (Phi) is 6.79. The molecule has 0 aliphatic carbocycles. The van der Waals surface area contributed by atoms with E-state index in [9.17, 15) is 14.1 Å². The van der Waals surface area contributed by atoms with Gasteiger partial charge in [0, 0.05) is 12.3 Å². The molecule has 0 unspecified atom stereocenters. The van der Waals surface area contributed by atoms with Crippen molar-refractivity contribution in [2.75, 3.05) is 0 Å². The maximum absolute atomic E-state index is 12.0. The van der Waals surface area contributed by atoms with Crippen LogP contribution in [0.3, 0.4) is 0 Å². The van der Waals surface area contributed by atoms with Crippen molar-refractivity contribution in [1.82, 2.24) is 9.77 Å². The Hall–Kier alpha value is -0.100. The second-order valence-electron chi connectivity index (χ2n) is 1.40. The van der Waals surface area contributed by atoms with Gasteiger partial charge in [0.05, 0.1) is 0 Å². The quantitative estimate of drug-likeness (QED) is 0.412. The third-order valence-corrected chi connectivity index (χ3v) is 0.805. The molecule has 0 aromatic carbocycles. The van der Waals surface area contributed by atoms with Crippen molar-refractivity contribution >= 4 is 0 Å². The Morgan fingerprint density at radius 1 is 1.45 bits per heavy atom. The molecule has 0 atom stereocenters. The first-order chi connectivity index (χ1) is 4.22. The van der Waals surface area contributed by atoms with Crippen LogP contribution < -0.4 is 53.2 Å². The van der Waals surface area contributed by atoms with E-state index in [-0.39, 0.29) is 42.0 Å². The SMILES string of the molecule is O=c1cc[nH]c(=O)n1F.[Cl-].[Na+]. The van der Waals surface area contributed by atoms with Crippen molar-refractivity contribution in [2.45, 2.75) is 0 Å². The number of hydrogen-bond acceptors (Lipinski definition) is 2. The molecule has 0 saturated carbocycles. The van der Waals surface area contributed by atoms with E-state index in [0.29, 0.717) is 0 Å². The van der Waals surface area contributed by atoms with E-state index in [4.69, 9.17) is 0 Å². The molecule has 0 saturated heterocycles. The molecule has 1 aromatic heterocycles. The summed E-state index contributed by atoms with van der Waals surface area (Å²) in [4.78, 5) is 21.9. The minimum Gasteiger partial charge on any atom is -1.00 e. The fraction of sp³-hybridized carbons (Fsp3) is 0. The maximum atomic E-state index is 12.0. The second-order valence-corrected chi connectivity index (χ2v) is 1.40.